The quantitative estimate of drug-likeness (QED) is 0.346. The zero-order valence-corrected chi connectivity index (χ0v) is 16.1. The third-order valence-corrected chi connectivity index (χ3v) is 8.09. The number of hydrogen-bond acceptors (Lipinski definition) is 1. The van der Waals surface area contributed by atoms with Crippen molar-refractivity contribution >= 4 is 29.6 Å². The van der Waals surface area contributed by atoms with Crippen molar-refractivity contribution in [2.45, 2.75) is 12.3 Å². The number of benzene rings is 4. The summed E-state index contributed by atoms with van der Waals surface area (Å²) in [5.74, 6) is 0. The Morgan fingerprint density at radius 1 is 0.615 bits per heavy atom. The highest BCUT2D eigenvalue weighted by Crippen LogP contribution is 2.53. The molecule has 0 fully saturated rings. The molecular formula is C24H22NP. The average Bonchev–Trinajstić information content (AvgIpc) is 2.85. The van der Waals surface area contributed by atoms with Gasteiger partial charge >= 0.3 is 0 Å². The molecule has 4 aromatic rings. The van der Waals surface area contributed by atoms with Crippen LogP contribution in [0.4, 0.5) is 0 Å². The largest absolute Gasteiger partial charge is 0.288 e. The van der Waals surface area contributed by atoms with Crippen molar-refractivity contribution < 1.29 is 0 Å². The fourth-order valence-electron chi connectivity index (χ4n) is 4.22. The van der Waals surface area contributed by atoms with Crippen molar-refractivity contribution in [2.75, 3.05) is 14.1 Å². The maximum absolute atomic E-state index is 2.44. The van der Waals surface area contributed by atoms with Gasteiger partial charge in [-0.15, -0.1) is 0 Å². The average molecular weight is 355 g/mol. The minimum atomic E-state index is -0.208. The second kappa shape index (κ2) is 6.20. The Bertz CT molecular complexity index is 1040. The van der Waals surface area contributed by atoms with Crippen molar-refractivity contribution in [2.24, 2.45) is 0 Å². The summed E-state index contributed by atoms with van der Waals surface area (Å²) in [6.45, 7) is 0. The highest BCUT2D eigenvalue weighted by atomic mass is 31.1. The van der Waals surface area contributed by atoms with Gasteiger partial charge in [0.15, 0.2) is 0 Å². The Balaban J connectivity index is 1.94. The molecular weight excluding hydrogens is 333 g/mol. The molecule has 1 nitrogen and oxygen atoms in total. The molecule has 0 aliphatic carbocycles. The second-order valence-corrected chi connectivity index (χ2v) is 9.76. The molecule has 0 saturated heterocycles. The normalized spacial score (nSPS) is 14.4. The van der Waals surface area contributed by atoms with Crippen molar-refractivity contribution in [3.8, 4) is 11.1 Å². The molecule has 128 valence electrons. The second-order valence-electron chi connectivity index (χ2n) is 7.31. The van der Waals surface area contributed by atoms with Gasteiger partial charge in [0.25, 0.3) is 0 Å². The van der Waals surface area contributed by atoms with Crippen molar-refractivity contribution in [3.05, 3.63) is 83.9 Å². The van der Waals surface area contributed by atoms with E-state index in [2.05, 4.69) is 91.6 Å². The Hall–Kier alpha value is -2.21. The summed E-state index contributed by atoms with van der Waals surface area (Å²) in [6, 6.07) is 27.0. The fraction of sp³-hybridized carbons (Fsp3) is 0.167. The zero-order valence-electron chi connectivity index (χ0n) is 15.2. The SMILES string of the molecule is CN(C)P1Cc2ccc3ccccc3c2-c2c(ccc3ccccc23)C1. The number of nitrogens with zero attached hydrogens (tertiary/aromatic N) is 1. The number of rotatable bonds is 1. The molecule has 4 aromatic carbocycles. The van der Waals surface area contributed by atoms with Gasteiger partial charge in [-0.25, -0.2) is 0 Å². The van der Waals surface area contributed by atoms with Gasteiger partial charge in [0, 0.05) is 12.3 Å². The van der Waals surface area contributed by atoms with Crippen LogP contribution in [0.2, 0.25) is 0 Å². The Labute approximate surface area is 156 Å². The van der Waals surface area contributed by atoms with Crippen molar-refractivity contribution in [1.29, 1.82) is 0 Å². The molecule has 5 rings (SSSR count). The lowest BCUT2D eigenvalue weighted by molar-refractivity contribution is 0.672. The van der Waals surface area contributed by atoms with Gasteiger partial charge < -0.3 is 0 Å². The van der Waals surface area contributed by atoms with Gasteiger partial charge in [-0.3, -0.25) is 4.67 Å². The molecule has 0 atom stereocenters. The van der Waals surface area contributed by atoms with E-state index >= 15 is 0 Å². The molecule has 26 heavy (non-hydrogen) atoms. The topological polar surface area (TPSA) is 3.24 Å². The van der Waals surface area contributed by atoms with Gasteiger partial charge in [0.2, 0.25) is 0 Å². The molecule has 2 heteroatoms. The monoisotopic (exact) mass is 355 g/mol. The predicted octanol–water partition coefficient (Wildman–Crippen LogP) is 6.63. The first kappa shape index (κ1) is 16.0. The number of fused-ring (bicyclic) bond motifs is 7. The maximum atomic E-state index is 2.44. The van der Waals surface area contributed by atoms with Gasteiger partial charge in [0.1, 0.15) is 0 Å². The van der Waals surface area contributed by atoms with Crippen LogP contribution in [0.25, 0.3) is 32.7 Å². The molecule has 0 unspecified atom stereocenters. The van der Waals surface area contributed by atoms with Crippen LogP contribution >= 0.6 is 8.07 Å². The van der Waals surface area contributed by atoms with Gasteiger partial charge in [-0.2, -0.15) is 0 Å². The summed E-state index contributed by atoms with van der Waals surface area (Å²) in [7, 11) is 4.26. The first-order valence-corrected chi connectivity index (χ1v) is 10.8. The van der Waals surface area contributed by atoms with E-state index in [0.29, 0.717) is 0 Å². The van der Waals surface area contributed by atoms with E-state index in [-0.39, 0.29) is 8.07 Å². The van der Waals surface area contributed by atoms with Crippen LogP contribution in [0.5, 0.6) is 0 Å². The molecule has 0 amide bonds. The summed E-state index contributed by atoms with van der Waals surface area (Å²) in [6.07, 6.45) is 2.32. The summed E-state index contributed by atoms with van der Waals surface area (Å²) >= 11 is 0. The van der Waals surface area contributed by atoms with Crippen LogP contribution in [0.3, 0.4) is 0 Å². The maximum Gasteiger partial charge on any atom is 0.00691 e. The highest BCUT2D eigenvalue weighted by Gasteiger charge is 2.25. The molecule has 1 aliphatic heterocycles. The van der Waals surface area contributed by atoms with E-state index in [1.807, 2.05) is 0 Å². The van der Waals surface area contributed by atoms with E-state index in [4.69, 9.17) is 0 Å². The van der Waals surface area contributed by atoms with Gasteiger partial charge in [-0.05, 0) is 66.0 Å². The zero-order chi connectivity index (χ0) is 17.7. The molecule has 1 heterocycles. The minimum absolute atomic E-state index is 0.208. The van der Waals surface area contributed by atoms with Gasteiger partial charge in [0.05, 0.1) is 0 Å². The Morgan fingerprint density at radius 3 is 1.54 bits per heavy atom. The third-order valence-electron chi connectivity index (χ3n) is 5.55. The van der Waals surface area contributed by atoms with Crippen LogP contribution in [0.15, 0.2) is 72.8 Å². The summed E-state index contributed by atoms with van der Waals surface area (Å²) in [5, 5.41) is 5.44. The van der Waals surface area contributed by atoms with Gasteiger partial charge in [-0.1, -0.05) is 72.8 Å². The molecule has 0 spiro atoms. The van der Waals surface area contributed by atoms with Crippen LogP contribution in [0.1, 0.15) is 11.1 Å². The van der Waals surface area contributed by atoms with Crippen LogP contribution in [0, 0.1) is 0 Å². The summed E-state index contributed by atoms with van der Waals surface area (Å²) in [4.78, 5) is 0. The first-order valence-electron chi connectivity index (χ1n) is 9.16. The van der Waals surface area contributed by atoms with E-state index in [1.165, 1.54) is 43.8 Å². The van der Waals surface area contributed by atoms with Crippen LogP contribution in [-0.2, 0) is 12.3 Å². The van der Waals surface area contributed by atoms with Crippen molar-refractivity contribution in [1.82, 2.24) is 4.67 Å². The van der Waals surface area contributed by atoms with E-state index in [1.54, 1.807) is 0 Å². The number of hydrogen-bond donors (Lipinski definition) is 0. The van der Waals surface area contributed by atoms with E-state index in [9.17, 15) is 0 Å². The lowest BCUT2D eigenvalue weighted by atomic mass is 9.88. The van der Waals surface area contributed by atoms with E-state index < -0.39 is 0 Å². The van der Waals surface area contributed by atoms with E-state index in [0.717, 1.165) is 12.3 Å². The molecule has 0 radical (unpaired) electrons. The molecule has 0 bridgehead atoms. The Morgan fingerprint density at radius 2 is 1.08 bits per heavy atom. The molecule has 0 N–H and O–H groups in total. The van der Waals surface area contributed by atoms with Crippen LogP contribution < -0.4 is 0 Å². The fourth-order valence-corrected chi connectivity index (χ4v) is 6.21. The first-order chi connectivity index (χ1) is 12.7. The van der Waals surface area contributed by atoms with Crippen LogP contribution in [-0.4, -0.2) is 18.8 Å². The lowest BCUT2D eigenvalue weighted by Crippen LogP contribution is -2.06. The molecule has 0 aromatic heterocycles. The van der Waals surface area contributed by atoms with Crippen molar-refractivity contribution in [3.63, 3.8) is 0 Å². The molecule has 0 saturated carbocycles. The lowest BCUT2D eigenvalue weighted by Gasteiger charge is -2.23. The molecule has 1 aliphatic rings. The third kappa shape index (κ3) is 2.47. The minimum Gasteiger partial charge on any atom is -0.288 e. The highest BCUT2D eigenvalue weighted by molar-refractivity contribution is 7.53. The Kier molecular flexibility index (Phi) is 3.81. The summed E-state index contributed by atoms with van der Waals surface area (Å²) < 4.78 is 2.44. The standard InChI is InChI=1S/C24H22NP/c1-25(2)26-15-19-13-11-17-7-3-5-9-21(17)23(19)24-20(16-26)14-12-18-8-4-6-10-22(18)24/h3-14H,15-16H2,1-2H3. The smallest absolute Gasteiger partial charge is 0.00691 e. The summed E-state index contributed by atoms with van der Waals surface area (Å²) in [5.41, 5.74) is 5.92. The predicted molar refractivity (Wildman–Crippen MR) is 115 cm³/mol.